The van der Waals surface area contributed by atoms with Crippen LogP contribution in [0.3, 0.4) is 0 Å². The van der Waals surface area contributed by atoms with Crippen molar-refractivity contribution in [2.24, 2.45) is 0 Å². The number of amides is 1. The van der Waals surface area contributed by atoms with Crippen molar-refractivity contribution in [2.45, 2.75) is 25.8 Å². The molecule has 120 valence electrons. The van der Waals surface area contributed by atoms with Gasteiger partial charge in [0.2, 0.25) is 5.91 Å². The van der Waals surface area contributed by atoms with E-state index in [0.717, 1.165) is 6.07 Å². The van der Waals surface area contributed by atoms with Crippen LogP contribution >= 0.6 is 0 Å². The standard InChI is InChI=1S/C14H18FN3O4/c1-3-14(19)17-5-4-9(8-17)16-11-7-13(22-2)10(15)6-12(11)18(20)21/h6-7,9,16H,3-5,8H2,1-2H3. The lowest BCUT2D eigenvalue weighted by atomic mass is 10.2. The van der Waals surface area contributed by atoms with Gasteiger partial charge >= 0.3 is 0 Å². The van der Waals surface area contributed by atoms with Crippen LogP contribution in [0, 0.1) is 15.9 Å². The molecule has 0 bridgehead atoms. The number of nitro groups is 1. The van der Waals surface area contributed by atoms with Crippen LogP contribution in [0.5, 0.6) is 5.75 Å². The summed E-state index contributed by atoms with van der Waals surface area (Å²) < 4.78 is 18.5. The molecule has 1 heterocycles. The predicted octanol–water partition coefficient (Wildman–Crippen LogP) is 2.17. The van der Waals surface area contributed by atoms with Gasteiger partial charge in [0, 0.05) is 31.6 Å². The van der Waals surface area contributed by atoms with E-state index in [2.05, 4.69) is 5.32 Å². The number of ether oxygens (including phenoxy) is 1. The summed E-state index contributed by atoms with van der Waals surface area (Å²) in [5.74, 6) is -0.794. The van der Waals surface area contributed by atoms with Gasteiger partial charge in [0.15, 0.2) is 11.6 Å². The monoisotopic (exact) mass is 311 g/mol. The largest absolute Gasteiger partial charge is 0.494 e. The summed E-state index contributed by atoms with van der Waals surface area (Å²) in [5, 5.41) is 14.1. The van der Waals surface area contributed by atoms with Gasteiger partial charge in [0.05, 0.1) is 18.1 Å². The quantitative estimate of drug-likeness (QED) is 0.665. The number of likely N-dealkylation sites (tertiary alicyclic amines) is 1. The second kappa shape index (κ2) is 6.59. The summed E-state index contributed by atoms with van der Waals surface area (Å²) in [7, 11) is 1.30. The number of benzene rings is 1. The number of anilines is 1. The minimum atomic E-state index is -0.783. The molecular weight excluding hydrogens is 293 g/mol. The number of carbonyl (C=O) groups is 1. The normalized spacial score (nSPS) is 17.4. The lowest BCUT2D eigenvalue weighted by Gasteiger charge is -2.17. The number of methoxy groups -OCH3 is 1. The third-order valence-corrected chi connectivity index (χ3v) is 3.67. The molecule has 1 saturated heterocycles. The maximum Gasteiger partial charge on any atom is 0.295 e. The number of nitro benzene ring substituents is 1. The highest BCUT2D eigenvalue weighted by Crippen LogP contribution is 2.33. The highest BCUT2D eigenvalue weighted by molar-refractivity contribution is 5.76. The summed E-state index contributed by atoms with van der Waals surface area (Å²) in [4.78, 5) is 23.8. The second-order valence-corrected chi connectivity index (χ2v) is 5.08. The first-order chi connectivity index (χ1) is 10.5. The van der Waals surface area contributed by atoms with Gasteiger partial charge in [0.25, 0.3) is 5.69 Å². The van der Waals surface area contributed by atoms with Crippen LogP contribution < -0.4 is 10.1 Å². The summed E-state index contributed by atoms with van der Waals surface area (Å²) in [5.41, 5.74) is -0.155. The van der Waals surface area contributed by atoms with Gasteiger partial charge < -0.3 is 15.0 Å². The molecule has 2 rings (SSSR count). The molecule has 7 nitrogen and oxygen atoms in total. The molecule has 0 aliphatic carbocycles. The van der Waals surface area contributed by atoms with E-state index in [-0.39, 0.29) is 29.1 Å². The number of rotatable bonds is 5. The zero-order chi connectivity index (χ0) is 16.3. The van der Waals surface area contributed by atoms with Gasteiger partial charge in [-0.25, -0.2) is 4.39 Å². The Morgan fingerprint density at radius 3 is 2.91 bits per heavy atom. The Morgan fingerprint density at radius 2 is 2.32 bits per heavy atom. The van der Waals surface area contributed by atoms with Crippen LogP contribution in [0.2, 0.25) is 0 Å². The molecule has 1 amide bonds. The molecule has 1 fully saturated rings. The maximum absolute atomic E-state index is 13.6. The van der Waals surface area contributed by atoms with Crippen molar-refractivity contribution in [3.63, 3.8) is 0 Å². The lowest BCUT2D eigenvalue weighted by Crippen LogP contribution is -2.31. The van der Waals surface area contributed by atoms with Crippen LogP contribution in [0.25, 0.3) is 0 Å². The van der Waals surface area contributed by atoms with E-state index in [1.165, 1.54) is 13.2 Å². The molecule has 0 saturated carbocycles. The van der Waals surface area contributed by atoms with Crippen molar-refractivity contribution in [1.29, 1.82) is 0 Å². The molecule has 0 radical (unpaired) electrons. The Labute approximate surface area is 127 Å². The third-order valence-electron chi connectivity index (χ3n) is 3.67. The average molecular weight is 311 g/mol. The SMILES string of the molecule is CCC(=O)N1CCC(Nc2cc(OC)c(F)cc2[N+](=O)[O-])C1. The summed E-state index contributed by atoms with van der Waals surface area (Å²) >= 11 is 0. The molecule has 1 unspecified atom stereocenters. The molecule has 1 aromatic carbocycles. The summed E-state index contributed by atoms with van der Waals surface area (Å²) in [6.07, 6.45) is 1.11. The van der Waals surface area contributed by atoms with Crippen molar-refractivity contribution in [3.8, 4) is 5.75 Å². The minimum Gasteiger partial charge on any atom is -0.494 e. The van der Waals surface area contributed by atoms with Crippen LogP contribution in [-0.2, 0) is 4.79 Å². The average Bonchev–Trinajstić information content (AvgIpc) is 2.96. The van der Waals surface area contributed by atoms with Crippen LogP contribution in [0.15, 0.2) is 12.1 Å². The fraction of sp³-hybridized carbons (Fsp3) is 0.500. The molecule has 22 heavy (non-hydrogen) atoms. The molecule has 0 spiro atoms. The topological polar surface area (TPSA) is 84.7 Å². The molecule has 1 atom stereocenters. The lowest BCUT2D eigenvalue weighted by molar-refractivity contribution is -0.384. The van der Waals surface area contributed by atoms with Gasteiger partial charge in [-0.05, 0) is 6.42 Å². The van der Waals surface area contributed by atoms with Crippen LogP contribution in [0.1, 0.15) is 19.8 Å². The van der Waals surface area contributed by atoms with Gasteiger partial charge in [-0.3, -0.25) is 14.9 Å². The fourth-order valence-corrected chi connectivity index (χ4v) is 2.51. The van der Waals surface area contributed by atoms with Crippen molar-refractivity contribution in [3.05, 3.63) is 28.1 Å². The number of carbonyl (C=O) groups excluding carboxylic acids is 1. The van der Waals surface area contributed by atoms with Crippen molar-refractivity contribution < 1.29 is 18.8 Å². The zero-order valence-corrected chi connectivity index (χ0v) is 12.5. The third kappa shape index (κ3) is 3.26. The Morgan fingerprint density at radius 1 is 1.59 bits per heavy atom. The summed E-state index contributed by atoms with van der Waals surface area (Å²) in [6, 6.07) is 2.01. The molecular formula is C14H18FN3O4. The number of hydrogen-bond donors (Lipinski definition) is 1. The zero-order valence-electron chi connectivity index (χ0n) is 12.5. The van der Waals surface area contributed by atoms with Gasteiger partial charge in [-0.15, -0.1) is 0 Å². The Kier molecular flexibility index (Phi) is 4.79. The van der Waals surface area contributed by atoms with Gasteiger partial charge in [-0.1, -0.05) is 6.92 Å². The fourth-order valence-electron chi connectivity index (χ4n) is 2.51. The van der Waals surface area contributed by atoms with Crippen molar-refractivity contribution in [1.82, 2.24) is 4.90 Å². The Hall–Kier alpha value is -2.38. The number of halogens is 1. The van der Waals surface area contributed by atoms with E-state index < -0.39 is 10.7 Å². The highest BCUT2D eigenvalue weighted by atomic mass is 19.1. The van der Waals surface area contributed by atoms with Crippen LogP contribution in [-0.4, -0.2) is 42.0 Å². The van der Waals surface area contributed by atoms with E-state index in [1.54, 1.807) is 11.8 Å². The van der Waals surface area contributed by atoms with Gasteiger partial charge in [0.1, 0.15) is 5.69 Å². The number of nitrogens with one attached hydrogen (secondary N) is 1. The van der Waals surface area contributed by atoms with Crippen LogP contribution in [0.4, 0.5) is 15.8 Å². The maximum atomic E-state index is 13.6. The van der Waals surface area contributed by atoms with E-state index in [9.17, 15) is 19.3 Å². The first kappa shape index (κ1) is 16.0. The highest BCUT2D eigenvalue weighted by Gasteiger charge is 2.28. The van der Waals surface area contributed by atoms with E-state index in [0.29, 0.717) is 25.9 Å². The van der Waals surface area contributed by atoms with Crippen molar-refractivity contribution >= 4 is 17.3 Å². The number of nitrogens with zero attached hydrogens (tertiary/aromatic N) is 2. The molecule has 0 aromatic heterocycles. The molecule has 1 aromatic rings. The Bertz CT molecular complexity index is 594. The van der Waals surface area contributed by atoms with E-state index in [1.807, 2.05) is 0 Å². The molecule has 8 heteroatoms. The minimum absolute atomic E-state index is 0.0514. The van der Waals surface area contributed by atoms with Crippen molar-refractivity contribution in [2.75, 3.05) is 25.5 Å². The van der Waals surface area contributed by atoms with E-state index in [4.69, 9.17) is 4.74 Å². The summed E-state index contributed by atoms with van der Waals surface area (Å²) in [6.45, 7) is 2.87. The molecule has 1 N–H and O–H groups in total. The van der Waals surface area contributed by atoms with E-state index >= 15 is 0 Å². The smallest absolute Gasteiger partial charge is 0.295 e. The number of hydrogen-bond acceptors (Lipinski definition) is 5. The first-order valence-electron chi connectivity index (χ1n) is 7.02. The second-order valence-electron chi connectivity index (χ2n) is 5.08. The predicted molar refractivity (Wildman–Crippen MR) is 78.5 cm³/mol. The molecule has 1 aliphatic rings. The Balaban J connectivity index is 2.19. The first-order valence-corrected chi connectivity index (χ1v) is 7.02. The molecule has 1 aliphatic heterocycles. The van der Waals surface area contributed by atoms with Gasteiger partial charge in [-0.2, -0.15) is 0 Å².